The fourth-order valence-electron chi connectivity index (χ4n) is 2.33. The molecule has 1 saturated heterocycles. The highest BCUT2D eigenvalue weighted by atomic mass is 79.9. The molecule has 1 aliphatic rings. The van der Waals surface area contributed by atoms with Crippen molar-refractivity contribution in [1.82, 2.24) is 5.32 Å². The Morgan fingerprint density at radius 1 is 1.47 bits per heavy atom. The van der Waals surface area contributed by atoms with Crippen molar-refractivity contribution in [3.63, 3.8) is 0 Å². The van der Waals surface area contributed by atoms with E-state index in [0.717, 1.165) is 24.1 Å². The molecular weight excluding hydrogens is 283 g/mol. The summed E-state index contributed by atoms with van der Waals surface area (Å²) in [5.74, 6) is 0.363. The Balaban J connectivity index is 2.32. The molecule has 0 bridgehead atoms. The van der Waals surface area contributed by atoms with Gasteiger partial charge in [0.2, 0.25) is 0 Å². The Bertz CT molecular complexity index is 395. The molecule has 1 heterocycles. The van der Waals surface area contributed by atoms with Crippen LogP contribution in [0.1, 0.15) is 13.8 Å². The van der Waals surface area contributed by atoms with Crippen LogP contribution in [-0.2, 0) is 0 Å². The van der Waals surface area contributed by atoms with Gasteiger partial charge in [-0.2, -0.15) is 0 Å². The average Bonchev–Trinajstić information content (AvgIpc) is 2.32. The molecule has 1 unspecified atom stereocenters. The van der Waals surface area contributed by atoms with E-state index in [2.05, 4.69) is 40.0 Å². The van der Waals surface area contributed by atoms with Crippen molar-refractivity contribution in [3.8, 4) is 0 Å². The quantitative estimate of drug-likeness (QED) is 0.903. The number of nitrogens with zero attached hydrogens (tertiary/aromatic N) is 1. The van der Waals surface area contributed by atoms with Gasteiger partial charge in [0.25, 0.3) is 0 Å². The summed E-state index contributed by atoms with van der Waals surface area (Å²) in [6, 6.07) is 5.49. The number of nitrogens with one attached hydrogen (secondary N) is 1. The summed E-state index contributed by atoms with van der Waals surface area (Å²) in [5.41, 5.74) is 0.708. The third-order valence-corrected chi connectivity index (χ3v) is 3.76. The number of halogens is 2. The van der Waals surface area contributed by atoms with E-state index in [4.69, 9.17) is 0 Å². The molecule has 0 spiro atoms. The zero-order valence-electron chi connectivity index (χ0n) is 10.2. The van der Waals surface area contributed by atoms with Gasteiger partial charge >= 0.3 is 0 Å². The molecule has 4 heteroatoms. The third kappa shape index (κ3) is 2.80. The normalized spacial score (nSPS) is 21.0. The molecule has 0 radical (unpaired) electrons. The van der Waals surface area contributed by atoms with Crippen LogP contribution in [0.25, 0.3) is 0 Å². The Morgan fingerprint density at radius 2 is 2.24 bits per heavy atom. The maximum absolute atomic E-state index is 13.9. The zero-order chi connectivity index (χ0) is 12.4. The molecule has 0 amide bonds. The monoisotopic (exact) mass is 300 g/mol. The molecule has 2 nitrogen and oxygen atoms in total. The Hall–Kier alpha value is -0.610. The van der Waals surface area contributed by atoms with Crippen LogP contribution < -0.4 is 10.2 Å². The first-order chi connectivity index (χ1) is 8.09. The zero-order valence-corrected chi connectivity index (χ0v) is 11.8. The molecule has 0 aromatic heterocycles. The summed E-state index contributed by atoms with van der Waals surface area (Å²) in [7, 11) is 0. The first-order valence-corrected chi connectivity index (χ1v) is 6.81. The molecule has 1 atom stereocenters. The summed E-state index contributed by atoms with van der Waals surface area (Å²) >= 11 is 3.41. The molecule has 1 aromatic rings. The average molecular weight is 301 g/mol. The number of anilines is 1. The fourth-order valence-corrected chi connectivity index (χ4v) is 2.68. The van der Waals surface area contributed by atoms with E-state index in [1.54, 1.807) is 6.07 Å². The fraction of sp³-hybridized carbons (Fsp3) is 0.538. The predicted molar refractivity (Wildman–Crippen MR) is 72.9 cm³/mol. The highest BCUT2D eigenvalue weighted by molar-refractivity contribution is 9.10. The number of benzene rings is 1. The number of hydrogen-bond acceptors (Lipinski definition) is 2. The lowest BCUT2D eigenvalue weighted by Gasteiger charge is -2.40. The van der Waals surface area contributed by atoms with Gasteiger partial charge in [-0.15, -0.1) is 0 Å². The van der Waals surface area contributed by atoms with Crippen LogP contribution in [0.2, 0.25) is 0 Å². The van der Waals surface area contributed by atoms with Crippen LogP contribution >= 0.6 is 15.9 Å². The lowest BCUT2D eigenvalue weighted by atomic mass is 9.99. The third-order valence-electron chi connectivity index (χ3n) is 3.27. The molecular formula is C13H18BrFN2. The molecule has 1 aromatic carbocycles. The predicted octanol–water partition coefficient (Wildman–Crippen LogP) is 3.02. The van der Waals surface area contributed by atoms with E-state index >= 15 is 0 Å². The van der Waals surface area contributed by atoms with Crippen molar-refractivity contribution in [2.24, 2.45) is 5.92 Å². The van der Waals surface area contributed by atoms with Crippen molar-refractivity contribution in [3.05, 3.63) is 28.5 Å². The van der Waals surface area contributed by atoms with Crippen molar-refractivity contribution < 1.29 is 4.39 Å². The van der Waals surface area contributed by atoms with Gasteiger partial charge in [-0.3, -0.25) is 0 Å². The summed E-state index contributed by atoms with van der Waals surface area (Å²) < 4.78 is 14.8. The Morgan fingerprint density at radius 3 is 2.94 bits per heavy atom. The second-order valence-electron chi connectivity index (χ2n) is 4.80. The molecule has 1 aliphatic heterocycles. The second kappa shape index (κ2) is 5.36. The minimum absolute atomic E-state index is 0.138. The molecule has 2 rings (SSSR count). The van der Waals surface area contributed by atoms with Gasteiger partial charge in [0.15, 0.2) is 0 Å². The van der Waals surface area contributed by atoms with Crippen molar-refractivity contribution >= 4 is 21.6 Å². The van der Waals surface area contributed by atoms with Crippen LogP contribution in [0.4, 0.5) is 10.1 Å². The maximum Gasteiger partial charge on any atom is 0.146 e. The van der Waals surface area contributed by atoms with Crippen molar-refractivity contribution in [1.29, 1.82) is 0 Å². The Kier molecular flexibility index (Phi) is 4.05. The Labute approximate surface area is 110 Å². The van der Waals surface area contributed by atoms with E-state index < -0.39 is 0 Å². The van der Waals surface area contributed by atoms with Crippen LogP contribution in [0.5, 0.6) is 0 Å². The molecule has 94 valence electrons. The summed E-state index contributed by atoms with van der Waals surface area (Å²) in [6.45, 7) is 7.05. The van der Waals surface area contributed by atoms with Gasteiger partial charge in [0, 0.05) is 30.1 Å². The van der Waals surface area contributed by atoms with Gasteiger partial charge in [-0.05, 0) is 24.1 Å². The van der Waals surface area contributed by atoms with E-state index in [9.17, 15) is 4.39 Å². The van der Waals surface area contributed by atoms with Gasteiger partial charge in [-0.25, -0.2) is 4.39 Å². The van der Waals surface area contributed by atoms with E-state index in [-0.39, 0.29) is 5.82 Å². The summed E-state index contributed by atoms with van der Waals surface area (Å²) in [5, 5.41) is 3.37. The lowest BCUT2D eigenvalue weighted by molar-refractivity contribution is 0.386. The standard InChI is InChI=1S/C13H18BrFN2/c1-9(2)13-8-16-5-6-17(13)12-7-10(14)3-4-11(12)15/h3-4,7,9,13,16H,5-6,8H2,1-2H3. The van der Waals surface area contributed by atoms with Crippen LogP contribution in [-0.4, -0.2) is 25.7 Å². The number of piperazine rings is 1. The van der Waals surface area contributed by atoms with Gasteiger partial charge < -0.3 is 10.2 Å². The molecule has 17 heavy (non-hydrogen) atoms. The van der Waals surface area contributed by atoms with E-state index in [1.807, 2.05) is 6.07 Å². The lowest BCUT2D eigenvalue weighted by Crippen LogP contribution is -2.54. The molecule has 1 N–H and O–H groups in total. The van der Waals surface area contributed by atoms with E-state index in [0.29, 0.717) is 17.6 Å². The van der Waals surface area contributed by atoms with E-state index in [1.165, 1.54) is 6.07 Å². The number of hydrogen-bond donors (Lipinski definition) is 1. The van der Waals surface area contributed by atoms with Gasteiger partial charge in [0.05, 0.1) is 5.69 Å². The topological polar surface area (TPSA) is 15.3 Å². The molecule has 0 aliphatic carbocycles. The number of rotatable bonds is 2. The minimum Gasteiger partial charge on any atom is -0.363 e. The minimum atomic E-state index is -0.138. The SMILES string of the molecule is CC(C)C1CNCCN1c1cc(Br)ccc1F. The second-order valence-corrected chi connectivity index (χ2v) is 5.72. The molecule has 0 saturated carbocycles. The highest BCUT2D eigenvalue weighted by Crippen LogP contribution is 2.28. The highest BCUT2D eigenvalue weighted by Gasteiger charge is 2.26. The van der Waals surface area contributed by atoms with Crippen LogP contribution in [0, 0.1) is 11.7 Å². The summed E-state index contributed by atoms with van der Waals surface area (Å²) in [4.78, 5) is 2.18. The largest absolute Gasteiger partial charge is 0.363 e. The van der Waals surface area contributed by atoms with Crippen LogP contribution in [0.3, 0.4) is 0 Å². The van der Waals surface area contributed by atoms with Crippen LogP contribution in [0.15, 0.2) is 22.7 Å². The molecule has 1 fully saturated rings. The maximum atomic E-state index is 13.9. The smallest absolute Gasteiger partial charge is 0.146 e. The van der Waals surface area contributed by atoms with Gasteiger partial charge in [0.1, 0.15) is 5.82 Å². The van der Waals surface area contributed by atoms with Crippen molar-refractivity contribution in [2.75, 3.05) is 24.5 Å². The van der Waals surface area contributed by atoms with Gasteiger partial charge in [-0.1, -0.05) is 29.8 Å². The van der Waals surface area contributed by atoms with Crippen molar-refractivity contribution in [2.45, 2.75) is 19.9 Å². The first kappa shape index (κ1) is 12.8. The summed E-state index contributed by atoms with van der Waals surface area (Å²) in [6.07, 6.45) is 0. The first-order valence-electron chi connectivity index (χ1n) is 6.02.